The van der Waals surface area contributed by atoms with Crippen LogP contribution in [0.2, 0.25) is 0 Å². The molecule has 2 aromatic carbocycles. The first kappa shape index (κ1) is 16.6. The van der Waals surface area contributed by atoms with Crippen LogP contribution in [0.5, 0.6) is 5.75 Å². The number of hydrogen-bond acceptors (Lipinski definition) is 3. The van der Waals surface area contributed by atoms with Gasteiger partial charge in [0.15, 0.2) is 0 Å². The molecule has 1 N–H and O–H groups in total. The van der Waals surface area contributed by atoms with Gasteiger partial charge in [-0.1, -0.05) is 12.1 Å². The van der Waals surface area contributed by atoms with Gasteiger partial charge < -0.3 is 10.0 Å². The Kier molecular flexibility index (Phi) is 4.66. The van der Waals surface area contributed by atoms with Gasteiger partial charge in [-0.3, -0.25) is 4.90 Å². The highest BCUT2D eigenvalue weighted by Gasteiger charge is 2.30. The predicted octanol–water partition coefficient (Wildman–Crippen LogP) is 3.73. The van der Waals surface area contributed by atoms with Crippen molar-refractivity contribution in [1.82, 2.24) is 4.90 Å². The standard InChI is InChI=1S/C18H19F3N2O/c19-18(20,21)15-3-1-14(2-4-15)13-22-9-11-23(12-10-22)16-5-7-17(24)8-6-16/h1-8,24H,9-13H2. The van der Waals surface area contributed by atoms with Crippen molar-refractivity contribution in [3.05, 3.63) is 59.7 Å². The molecular formula is C18H19F3N2O. The van der Waals surface area contributed by atoms with Gasteiger partial charge in [0.25, 0.3) is 0 Å². The summed E-state index contributed by atoms with van der Waals surface area (Å²) >= 11 is 0. The zero-order valence-electron chi connectivity index (χ0n) is 13.1. The van der Waals surface area contributed by atoms with Gasteiger partial charge in [0, 0.05) is 38.4 Å². The van der Waals surface area contributed by atoms with Crippen LogP contribution in [0.25, 0.3) is 0 Å². The quantitative estimate of drug-likeness (QED) is 0.925. The van der Waals surface area contributed by atoms with Crippen molar-refractivity contribution in [2.75, 3.05) is 31.1 Å². The summed E-state index contributed by atoms with van der Waals surface area (Å²) in [5.41, 5.74) is 1.35. The van der Waals surface area contributed by atoms with E-state index in [-0.39, 0.29) is 5.75 Å². The number of piperazine rings is 1. The molecule has 3 rings (SSSR count). The molecule has 128 valence electrons. The third-order valence-electron chi connectivity index (χ3n) is 4.27. The molecule has 0 radical (unpaired) electrons. The molecule has 24 heavy (non-hydrogen) atoms. The molecule has 0 spiro atoms. The van der Waals surface area contributed by atoms with Crippen LogP contribution in [-0.2, 0) is 12.7 Å². The van der Waals surface area contributed by atoms with Crippen LogP contribution in [0, 0.1) is 0 Å². The second-order valence-corrected chi connectivity index (χ2v) is 5.97. The van der Waals surface area contributed by atoms with Gasteiger partial charge in [-0.25, -0.2) is 0 Å². The molecule has 1 aliphatic heterocycles. The zero-order chi connectivity index (χ0) is 17.2. The number of nitrogens with zero attached hydrogens (tertiary/aromatic N) is 2. The molecule has 0 bridgehead atoms. The number of phenolic OH excluding ortho intramolecular Hbond substituents is 1. The topological polar surface area (TPSA) is 26.7 Å². The Balaban J connectivity index is 1.54. The minimum atomic E-state index is -4.28. The van der Waals surface area contributed by atoms with Crippen molar-refractivity contribution in [2.24, 2.45) is 0 Å². The van der Waals surface area contributed by atoms with Crippen molar-refractivity contribution >= 4 is 5.69 Å². The molecule has 0 unspecified atom stereocenters. The summed E-state index contributed by atoms with van der Waals surface area (Å²) in [6.07, 6.45) is -4.28. The van der Waals surface area contributed by atoms with Crippen LogP contribution in [0.4, 0.5) is 18.9 Å². The number of anilines is 1. The number of halogens is 3. The first-order valence-corrected chi connectivity index (χ1v) is 7.84. The van der Waals surface area contributed by atoms with Crippen molar-refractivity contribution in [3.8, 4) is 5.75 Å². The summed E-state index contributed by atoms with van der Waals surface area (Å²) < 4.78 is 37.7. The average molecular weight is 336 g/mol. The van der Waals surface area contributed by atoms with E-state index in [1.807, 2.05) is 12.1 Å². The smallest absolute Gasteiger partial charge is 0.416 e. The number of hydrogen-bond donors (Lipinski definition) is 1. The van der Waals surface area contributed by atoms with E-state index in [9.17, 15) is 18.3 Å². The molecule has 3 nitrogen and oxygen atoms in total. The largest absolute Gasteiger partial charge is 0.508 e. The molecule has 6 heteroatoms. The molecular weight excluding hydrogens is 317 g/mol. The number of phenols is 1. The SMILES string of the molecule is Oc1ccc(N2CCN(Cc3ccc(C(F)(F)F)cc3)CC2)cc1. The predicted molar refractivity (Wildman–Crippen MR) is 87.0 cm³/mol. The maximum atomic E-state index is 12.6. The minimum absolute atomic E-state index is 0.250. The fourth-order valence-corrected chi connectivity index (χ4v) is 2.88. The first-order chi connectivity index (χ1) is 11.4. The van der Waals surface area contributed by atoms with E-state index in [4.69, 9.17) is 0 Å². The van der Waals surface area contributed by atoms with E-state index in [1.54, 1.807) is 24.3 Å². The number of rotatable bonds is 3. The van der Waals surface area contributed by atoms with E-state index in [1.165, 1.54) is 0 Å². The summed E-state index contributed by atoms with van der Waals surface area (Å²) in [6.45, 7) is 4.06. The van der Waals surface area contributed by atoms with Gasteiger partial charge in [0.2, 0.25) is 0 Å². The van der Waals surface area contributed by atoms with E-state index < -0.39 is 11.7 Å². The Bertz CT molecular complexity index is 660. The molecule has 0 aromatic heterocycles. The van der Waals surface area contributed by atoms with E-state index in [2.05, 4.69) is 9.80 Å². The van der Waals surface area contributed by atoms with Gasteiger partial charge in [0.05, 0.1) is 5.56 Å². The van der Waals surface area contributed by atoms with Crippen LogP contribution >= 0.6 is 0 Å². The van der Waals surface area contributed by atoms with Gasteiger partial charge >= 0.3 is 6.18 Å². The molecule has 0 aliphatic carbocycles. The fourth-order valence-electron chi connectivity index (χ4n) is 2.88. The molecule has 1 saturated heterocycles. The Morgan fingerprint density at radius 1 is 0.833 bits per heavy atom. The zero-order valence-corrected chi connectivity index (χ0v) is 13.1. The molecule has 0 atom stereocenters. The number of alkyl halides is 3. The Morgan fingerprint density at radius 2 is 1.42 bits per heavy atom. The first-order valence-electron chi connectivity index (χ1n) is 7.84. The van der Waals surface area contributed by atoms with Crippen LogP contribution in [0.1, 0.15) is 11.1 Å². The lowest BCUT2D eigenvalue weighted by molar-refractivity contribution is -0.137. The van der Waals surface area contributed by atoms with Crippen LogP contribution in [0.3, 0.4) is 0 Å². The normalized spacial score (nSPS) is 16.4. The van der Waals surface area contributed by atoms with Crippen molar-refractivity contribution in [1.29, 1.82) is 0 Å². The lowest BCUT2D eigenvalue weighted by Gasteiger charge is -2.36. The number of aromatic hydroxyl groups is 1. The highest BCUT2D eigenvalue weighted by molar-refractivity contribution is 5.49. The molecule has 0 saturated carbocycles. The molecule has 0 amide bonds. The summed E-state index contributed by atoms with van der Waals surface area (Å²) in [5, 5.41) is 9.33. The number of benzene rings is 2. The van der Waals surface area contributed by atoms with Crippen LogP contribution < -0.4 is 4.90 Å². The minimum Gasteiger partial charge on any atom is -0.508 e. The van der Waals surface area contributed by atoms with E-state index in [0.717, 1.165) is 49.6 Å². The Hall–Kier alpha value is -2.21. The lowest BCUT2D eigenvalue weighted by Crippen LogP contribution is -2.45. The Morgan fingerprint density at radius 3 is 1.96 bits per heavy atom. The molecule has 1 fully saturated rings. The lowest BCUT2D eigenvalue weighted by atomic mass is 10.1. The third kappa shape index (κ3) is 4.00. The summed E-state index contributed by atoms with van der Waals surface area (Å²) in [4.78, 5) is 4.47. The summed E-state index contributed by atoms with van der Waals surface area (Å²) in [5.74, 6) is 0.250. The highest BCUT2D eigenvalue weighted by atomic mass is 19.4. The monoisotopic (exact) mass is 336 g/mol. The van der Waals surface area contributed by atoms with E-state index in [0.29, 0.717) is 6.54 Å². The van der Waals surface area contributed by atoms with Gasteiger partial charge in [-0.15, -0.1) is 0 Å². The van der Waals surface area contributed by atoms with Crippen LogP contribution in [0.15, 0.2) is 48.5 Å². The second-order valence-electron chi connectivity index (χ2n) is 5.97. The van der Waals surface area contributed by atoms with Crippen LogP contribution in [-0.4, -0.2) is 36.2 Å². The fraction of sp³-hybridized carbons (Fsp3) is 0.333. The van der Waals surface area contributed by atoms with Crippen molar-refractivity contribution < 1.29 is 18.3 Å². The molecule has 2 aromatic rings. The van der Waals surface area contributed by atoms with Crippen molar-refractivity contribution in [3.63, 3.8) is 0 Å². The summed E-state index contributed by atoms with van der Waals surface area (Å²) in [7, 11) is 0. The maximum absolute atomic E-state index is 12.6. The summed E-state index contributed by atoms with van der Waals surface area (Å²) in [6, 6.07) is 12.5. The Labute approximate surface area is 138 Å². The maximum Gasteiger partial charge on any atom is 0.416 e. The van der Waals surface area contributed by atoms with Crippen molar-refractivity contribution in [2.45, 2.75) is 12.7 Å². The average Bonchev–Trinajstić information content (AvgIpc) is 2.56. The van der Waals surface area contributed by atoms with E-state index >= 15 is 0 Å². The third-order valence-corrected chi connectivity index (χ3v) is 4.27. The second kappa shape index (κ2) is 6.73. The van der Waals surface area contributed by atoms with Gasteiger partial charge in [-0.2, -0.15) is 13.2 Å². The molecule has 1 aliphatic rings. The molecule has 1 heterocycles. The van der Waals surface area contributed by atoms with Gasteiger partial charge in [-0.05, 0) is 42.0 Å². The van der Waals surface area contributed by atoms with Gasteiger partial charge in [0.1, 0.15) is 5.75 Å². The highest BCUT2D eigenvalue weighted by Crippen LogP contribution is 2.29.